The summed E-state index contributed by atoms with van der Waals surface area (Å²) < 4.78 is 11.0. The molecule has 1 atom stereocenters. The van der Waals surface area contributed by atoms with E-state index < -0.39 is 0 Å². The summed E-state index contributed by atoms with van der Waals surface area (Å²) in [7, 11) is 2.04. The van der Waals surface area contributed by atoms with Crippen LogP contribution in [-0.4, -0.2) is 79.3 Å². The van der Waals surface area contributed by atoms with Crippen molar-refractivity contribution >= 4 is 12.2 Å². The standard InChI is InChI=1S/C21H33N3O4/c1-17(2)14-24(21(26)28-16-19-8-6-5-7-9-19)18(3)15-27-20(25)23-12-10-22(4)11-13-23/h5-9,17-18H,10-16H2,1-4H3/t18-/m1/s1. The Bertz CT molecular complexity index is 615. The molecular formula is C21H33N3O4. The Labute approximate surface area is 168 Å². The van der Waals surface area contributed by atoms with Crippen LogP contribution >= 0.6 is 0 Å². The Morgan fingerprint density at radius 3 is 2.29 bits per heavy atom. The van der Waals surface area contributed by atoms with Crippen LogP contribution in [0.2, 0.25) is 0 Å². The van der Waals surface area contributed by atoms with Gasteiger partial charge in [-0.3, -0.25) is 0 Å². The predicted octanol–water partition coefficient (Wildman–Crippen LogP) is 3.05. The van der Waals surface area contributed by atoms with E-state index >= 15 is 0 Å². The van der Waals surface area contributed by atoms with Crippen molar-refractivity contribution in [2.75, 3.05) is 46.4 Å². The van der Waals surface area contributed by atoms with Crippen LogP contribution < -0.4 is 0 Å². The molecule has 0 radical (unpaired) electrons. The highest BCUT2D eigenvalue weighted by Gasteiger charge is 2.26. The van der Waals surface area contributed by atoms with Gasteiger partial charge in [-0.1, -0.05) is 44.2 Å². The normalized spacial score (nSPS) is 16.0. The quantitative estimate of drug-likeness (QED) is 0.715. The average Bonchev–Trinajstić information content (AvgIpc) is 2.69. The Hall–Kier alpha value is -2.28. The van der Waals surface area contributed by atoms with Crippen molar-refractivity contribution in [1.82, 2.24) is 14.7 Å². The van der Waals surface area contributed by atoms with E-state index in [1.165, 1.54) is 0 Å². The van der Waals surface area contributed by atoms with E-state index in [-0.39, 0.29) is 37.4 Å². The maximum absolute atomic E-state index is 12.6. The molecule has 0 bridgehead atoms. The highest BCUT2D eigenvalue weighted by atomic mass is 16.6. The molecule has 7 nitrogen and oxygen atoms in total. The molecule has 1 heterocycles. The van der Waals surface area contributed by atoms with Crippen molar-refractivity contribution in [3.8, 4) is 0 Å². The van der Waals surface area contributed by atoms with Gasteiger partial charge in [0.25, 0.3) is 0 Å². The first-order valence-electron chi connectivity index (χ1n) is 9.94. The number of nitrogens with zero attached hydrogens (tertiary/aromatic N) is 3. The minimum absolute atomic E-state index is 0.151. The van der Waals surface area contributed by atoms with Gasteiger partial charge in [0.15, 0.2) is 0 Å². The largest absolute Gasteiger partial charge is 0.447 e. The molecule has 0 aromatic heterocycles. The topological polar surface area (TPSA) is 62.3 Å². The zero-order valence-electron chi connectivity index (χ0n) is 17.5. The van der Waals surface area contributed by atoms with Gasteiger partial charge in [-0.25, -0.2) is 9.59 Å². The number of likely N-dealkylation sites (N-methyl/N-ethyl adjacent to an activating group) is 1. The molecule has 2 amide bonds. The van der Waals surface area contributed by atoms with Crippen LogP contribution in [0.3, 0.4) is 0 Å². The molecule has 0 spiro atoms. The van der Waals surface area contributed by atoms with Crippen LogP contribution in [0.4, 0.5) is 9.59 Å². The fraction of sp³-hybridized carbons (Fsp3) is 0.619. The van der Waals surface area contributed by atoms with E-state index in [1.807, 2.05) is 58.2 Å². The molecule has 0 N–H and O–H groups in total. The van der Waals surface area contributed by atoms with Crippen molar-refractivity contribution in [2.24, 2.45) is 5.92 Å². The SMILES string of the molecule is CC(C)CN(C(=O)OCc1ccccc1)[C@H](C)COC(=O)N1CCN(C)CC1. The Morgan fingerprint density at radius 2 is 1.68 bits per heavy atom. The van der Waals surface area contributed by atoms with Crippen molar-refractivity contribution < 1.29 is 19.1 Å². The van der Waals surface area contributed by atoms with Crippen molar-refractivity contribution in [3.05, 3.63) is 35.9 Å². The first-order valence-corrected chi connectivity index (χ1v) is 9.94. The minimum atomic E-state index is -0.388. The molecule has 1 saturated heterocycles. The summed E-state index contributed by atoms with van der Waals surface area (Å²) in [5, 5.41) is 0. The van der Waals surface area contributed by atoms with E-state index in [9.17, 15) is 9.59 Å². The molecule has 0 saturated carbocycles. The molecule has 0 unspecified atom stereocenters. The van der Waals surface area contributed by atoms with Crippen molar-refractivity contribution in [3.63, 3.8) is 0 Å². The van der Waals surface area contributed by atoms with Gasteiger partial charge in [-0.15, -0.1) is 0 Å². The van der Waals surface area contributed by atoms with Gasteiger partial charge in [0.05, 0.1) is 6.04 Å². The first kappa shape index (κ1) is 22.0. The van der Waals surface area contributed by atoms with Gasteiger partial charge in [-0.2, -0.15) is 0 Å². The molecule has 1 fully saturated rings. The zero-order chi connectivity index (χ0) is 20.5. The summed E-state index contributed by atoms with van der Waals surface area (Å²) >= 11 is 0. The Balaban J connectivity index is 1.86. The molecule has 156 valence electrons. The van der Waals surface area contributed by atoms with Gasteiger partial charge in [0.2, 0.25) is 0 Å². The molecule has 2 rings (SSSR count). The molecule has 7 heteroatoms. The van der Waals surface area contributed by atoms with Crippen LogP contribution in [0.1, 0.15) is 26.3 Å². The molecule has 1 aromatic carbocycles. The number of hydrogen-bond donors (Lipinski definition) is 0. The number of rotatable bonds is 7. The summed E-state index contributed by atoms with van der Waals surface area (Å²) in [6, 6.07) is 9.32. The first-order chi connectivity index (χ1) is 13.4. The second-order valence-electron chi connectivity index (χ2n) is 7.80. The van der Waals surface area contributed by atoms with Crippen molar-refractivity contribution in [1.29, 1.82) is 0 Å². The average molecular weight is 392 g/mol. The van der Waals surface area contributed by atoms with Gasteiger partial charge in [0, 0.05) is 32.7 Å². The van der Waals surface area contributed by atoms with E-state index in [4.69, 9.17) is 9.47 Å². The summed E-state index contributed by atoms with van der Waals surface area (Å²) in [5.74, 6) is 0.278. The molecule has 28 heavy (non-hydrogen) atoms. The number of hydrogen-bond acceptors (Lipinski definition) is 5. The number of carbonyl (C=O) groups excluding carboxylic acids is 2. The van der Waals surface area contributed by atoms with E-state index in [0.717, 1.165) is 18.7 Å². The van der Waals surface area contributed by atoms with Gasteiger partial charge in [0.1, 0.15) is 13.2 Å². The number of benzene rings is 1. The van der Waals surface area contributed by atoms with Gasteiger partial charge >= 0.3 is 12.2 Å². The van der Waals surface area contributed by atoms with E-state index in [1.54, 1.807) is 9.80 Å². The third-order valence-electron chi connectivity index (χ3n) is 4.74. The lowest BCUT2D eigenvalue weighted by atomic mass is 10.2. The molecule has 1 aliphatic rings. The lowest BCUT2D eigenvalue weighted by Gasteiger charge is -2.33. The van der Waals surface area contributed by atoms with E-state index in [2.05, 4.69) is 4.90 Å². The highest BCUT2D eigenvalue weighted by Crippen LogP contribution is 2.11. The fourth-order valence-corrected chi connectivity index (χ4v) is 2.99. The zero-order valence-corrected chi connectivity index (χ0v) is 17.5. The fourth-order valence-electron chi connectivity index (χ4n) is 2.99. The lowest BCUT2D eigenvalue weighted by Crippen LogP contribution is -2.49. The number of amides is 2. The lowest BCUT2D eigenvalue weighted by molar-refractivity contribution is 0.0413. The summed E-state index contributed by atoms with van der Waals surface area (Å²) in [5.41, 5.74) is 0.939. The molecule has 1 aliphatic heterocycles. The molecule has 0 aliphatic carbocycles. The monoisotopic (exact) mass is 391 g/mol. The number of carbonyl (C=O) groups is 2. The van der Waals surface area contributed by atoms with Crippen LogP contribution in [0, 0.1) is 5.92 Å². The summed E-state index contributed by atoms with van der Waals surface area (Å²) in [4.78, 5) is 30.4. The van der Waals surface area contributed by atoms with Crippen LogP contribution in [0.15, 0.2) is 30.3 Å². The van der Waals surface area contributed by atoms with Crippen molar-refractivity contribution in [2.45, 2.75) is 33.4 Å². The predicted molar refractivity (Wildman–Crippen MR) is 108 cm³/mol. The maximum atomic E-state index is 12.6. The van der Waals surface area contributed by atoms with E-state index in [0.29, 0.717) is 19.6 Å². The third-order valence-corrected chi connectivity index (χ3v) is 4.74. The van der Waals surface area contributed by atoms with Gasteiger partial charge < -0.3 is 24.2 Å². The smallest absolute Gasteiger partial charge is 0.410 e. The van der Waals surface area contributed by atoms with Crippen LogP contribution in [0.5, 0.6) is 0 Å². The number of piperazine rings is 1. The van der Waals surface area contributed by atoms with Crippen LogP contribution in [0.25, 0.3) is 0 Å². The molecule has 1 aromatic rings. The summed E-state index contributed by atoms with van der Waals surface area (Å²) in [6.45, 7) is 9.90. The van der Waals surface area contributed by atoms with Crippen LogP contribution in [-0.2, 0) is 16.1 Å². The summed E-state index contributed by atoms with van der Waals surface area (Å²) in [6.07, 6.45) is -0.706. The maximum Gasteiger partial charge on any atom is 0.410 e. The minimum Gasteiger partial charge on any atom is -0.447 e. The second kappa shape index (κ2) is 10.9. The second-order valence-corrected chi connectivity index (χ2v) is 7.80. The third kappa shape index (κ3) is 7.03. The number of ether oxygens (including phenoxy) is 2. The van der Waals surface area contributed by atoms with Gasteiger partial charge in [-0.05, 0) is 25.5 Å². The Kier molecular flexibility index (Phi) is 8.57. The Morgan fingerprint density at radius 1 is 1.04 bits per heavy atom. The highest BCUT2D eigenvalue weighted by molar-refractivity contribution is 5.69. The molecular weight excluding hydrogens is 358 g/mol.